The fourth-order valence-electron chi connectivity index (χ4n) is 2.97. The van der Waals surface area contributed by atoms with Crippen molar-refractivity contribution < 1.29 is 22.6 Å². The number of rotatable bonds is 4. The molecule has 2 aliphatic heterocycles. The van der Waals surface area contributed by atoms with E-state index < -0.39 is 10.0 Å². The van der Waals surface area contributed by atoms with Crippen LogP contribution >= 0.6 is 0 Å². The number of sulfonamides is 1. The molecule has 0 spiro atoms. The molecule has 0 saturated carbocycles. The molecule has 1 saturated heterocycles. The molecule has 0 bridgehead atoms. The molecule has 0 aliphatic carbocycles. The van der Waals surface area contributed by atoms with Crippen LogP contribution < -0.4 is 14.2 Å². The first kappa shape index (κ1) is 17.0. The Morgan fingerprint density at radius 1 is 1.12 bits per heavy atom. The molecule has 0 N–H and O–H groups in total. The first-order valence-electron chi connectivity index (χ1n) is 8.39. The highest BCUT2D eigenvalue weighted by molar-refractivity contribution is 7.89. The van der Waals surface area contributed by atoms with E-state index in [4.69, 9.17) is 14.2 Å². The van der Waals surface area contributed by atoms with Crippen LogP contribution in [0.5, 0.6) is 17.4 Å². The molecule has 1 aromatic heterocycles. The van der Waals surface area contributed by atoms with Gasteiger partial charge in [-0.2, -0.15) is 9.40 Å². The predicted molar refractivity (Wildman–Crippen MR) is 92.0 cm³/mol. The minimum absolute atomic E-state index is 0.192. The Morgan fingerprint density at radius 3 is 2.69 bits per heavy atom. The predicted octanol–water partition coefficient (Wildman–Crippen LogP) is 1.40. The van der Waals surface area contributed by atoms with Crippen LogP contribution in [0, 0.1) is 6.92 Å². The van der Waals surface area contributed by atoms with E-state index in [9.17, 15) is 8.42 Å². The molecule has 138 valence electrons. The second-order valence-corrected chi connectivity index (χ2v) is 8.15. The Balaban J connectivity index is 1.48. The SMILES string of the molecule is Cc1ccc(O[C@@H]2CCN(S(=O)(=O)c3ccc4c(c3)OCCO4)C2)nn1. The van der Waals surface area contributed by atoms with E-state index in [1.807, 2.05) is 6.92 Å². The third kappa shape index (κ3) is 3.32. The first-order valence-corrected chi connectivity index (χ1v) is 9.83. The largest absolute Gasteiger partial charge is 0.486 e. The van der Waals surface area contributed by atoms with Gasteiger partial charge in [0.2, 0.25) is 15.9 Å². The summed E-state index contributed by atoms with van der Waals surface area (Å²) in [5, 5.41) is 7.91. The molecule has 1 atom stereocenters. The molecule has 0 amide bonds. The average molecular weight is 377 g/mol. The van der Waals surface area contributed by atoms with Gasteiger partial charge in [-0.15, -0.1) is 5.10 Å². The van der Waals surface area contributed by atoms with Crippen molar-refractivity contribution in [2.75, 3.05) is 26.3 Å². The van der Waals surface area contributed by atoms with Gasteiger partial charge < -0.3 is 14.2 Å². The van der Waals surface area contributed by atoms with Crippen LogP contribution in [0.3, 0.4) is 0 Å². The van der Waals surface area contributed by atoms with E-state index in [2.05, 4.69) is 10.2 Å². The van der Waals surface area contributed by atoms with E-state index >= 15 is 0 Å². The van der Waals surface area contributed by atoms with Crippen molar-refractivity contribution in [2.45, 2.75) is 24.3 Å². The minimum atomic E-state index is -3.62. The molecule has 1 fully saturated rings. The molecular formula is C17H19N3O5S. The van der Waals surface area contributed by atoms with Gasteiger partial charge in [-0.3, -0.25) is 0 Å². The van der Waals surface area contributed by atoms with Crippen molar-refractivity contribution in [3.8, 4) is 17.4 Å². The molecule has 0 unspecified atom stereocenters. The fourth-order valence-corrected chi connectivity index (χ4v) is 4.47. The summed E-state index contributed by atoms with van der Waals surface area (Å²) in [5.41, 5.74) is 0.798. The zero-order valence-electron chi connectivity index (χ0n) is 14.3. The first-order chi connectivity index (χ1) is 12.5. The van der Waals surface area contributed by atoms with Gasteiger partial charge in [-0.05, 0) is 31.5 Å². The molecule has 0 radical (unpaired) electrons. The van der Waals surface area contributed by atoms with Crippen LogP contribution in [0.25, 0.3) is 0 Å². The zero-order chi connectivity index (χ0) is 18.1. The molecule has 26 heavy (non-hydrogen) atoms. The van der Waals surface area contributed by atoms with Crippen molar-refractivity contribution >= 4 is 10.0 Å². The summed E-state index contributed by atoms with van der Waals surface area (Å²) < 4.78 is 43.9. The molecule has 9 heteroatoms. The Hall–Kier alpha value is -2.39. The Kier molecular flexibility index (Phi) is 4.41. The van der Waals surface area contributed by atoms with Gasteiger partial charge >= 0.3 is 0 Å². The highest BCUT2D eigenvalue weighted by atomic mass is 32.2. The number of hydrogen-bond acceptors (Lipinski definition) is 7. The summed E-state index contributed by atoms with van der Waals surface area (Å²) in [5.74, 6) is 1.43. The van der Waals surface area contributed by atoms with Crippen molar-refractivity contribution in [2.24, 2.45) is 0 Å². The van der Waals surface area contributed by atoms with Crippen LogP contribution in [0.2, 0.25) is 0 Å². The average Bonchev–Trinajstić information content (AvgIpc) is 3.12. The Bertz CT molecular complexity index is 901. The highest BCUT2D eigenvalue weighted by Gasteiger charge is 2.34. The summed E-state index contributed by atoms with van der Waals surface area (Å²) in [6, 6.07) is 8.24. The summed E-state index contributed by atoms with van der Waals surface area (Å²) in [6.45, 7) is 3.38. The van der Waals surface area contributed by atoms with Gasteiger partial charge in [-0.25, -0.2) is 8.42 Å². The van der Waals surface area contributed by atoms with Crippen LogP contribution in [-0.4, -0.2) is 55.3 Å². The number of benzene rings is 1. The summed E-state index contributed by atoms with van der Waals surface area (Å²) in [6.07, 6.45) is 0.346. The van der Waals surface area contributed by atoms with Gasteiger partial charge in [0, 0.05) is 18.7 Å². The Labute approximate surface area is 151 Å². The lowest BCUT2D eigenvalue weighted by Gasteiger charge is -2.21. The maximum Gasteiger partial charge on any atom is 0.243 e. The van der Waals surface area contributed by atoms with Crippen molar-refractivity contribution in [1.29, 1.82) is 0 Å². The van der Waals surface area contributed by atoms with E-state index in [1.54, 1.807) is 24.3 Å². The van der Waals surface area contributed by atoms with Crippen LogP contribution in [0.1, 0.15) is 12.1 Å². The zero-order valence-corrected chi connectivity index (χ0v) is 15.1. The van der Waals surface area contributed by atoms with Crippen LogP contribution in [0.15, 0.2) is 35.2 Å². The second kappa shape index (κ2) is 6.73. The van der Waals surface area contributed by atoms with Crippen molar-refractivity contribution in [3.63, 3.8) is 0 Å². The second-order valence-electron chi connectivity index (χ2n) is 6.21. The number of aromatic nitrogens is 2. The lowest BCUT2D eigenvalue weighted by Crippen LogP contribution is -2.31. The molecule has 2 aromatic rings. The van der Waals surface area contributed by atoms with Crippen molar-refractivity contribution in [1.82, 2.24) is 14.5 Å². The van der Waals surface area contributed by atoms with Crippen LogP contribution in [-0.2, 0) is 10.0 Å². The topological polar surface area (TPSA) is 90.9 Å². The molecule has 4 rings (SSSR count). The summed E-state index contributed by atoms with van der Waals surface area (Å²) >= 11 is 0. The van der Waals surface area contributed by atoms with E-state index in [-0.39, 0.29) is 17.5 Å². The minimum Gasteiger partial charge on any atom is -0.486 e. The molecule has 2 aliphatic rings. The smallest absolute Gasteiger partial charge is 0.243 e. The fraction of sp³-hybridized carbons (Fsp3) is 0.412. The van der Waals surface area contributed by atoms with Crippen LogP contribution in [0.4, 0.5) is 0 Å². The van der Waals surface area contributed by atoms with E-state index in [1.165, 1.54) is 10.4 Å². The maximum absolute atomic E-state index is 12.9. The number of aryl methyl sites for hydroxylation is 1. The summed E-state index contributed by atoms with van der Waals surface area (Å²) in [4.78, 5) is 0.192. The lowest BCUT2D eigenvalue weighted by atomic mass is 10.3. The highest BCUT2D eigenvalue weighted by Crippen LogP contribution is 2.34. The van der Waals surface area contributed by atoms with Gasteiger partial charge in [-0.1, -0.05) is 0 Å². The normalized spacial score (nSPS) is 20.1. The van der Waals surface area contributed by atoms with Crippen molar-refractivity contribution in [3.05, 3.63) is 36.0 Å². The number of ether oxygens (including phenoxy) is 3. The maximum atomic E-state index is 12.9. The molecule has 1 aromatic carbocycles. The molecule has 8 nitrogen and oxygen atoms in total. The molecule has 3 heterocycles. The van der Waals surface area contributed by atoms with Gasteiger partial charge in [0.25, 0.3) is 0 Å². The number of fused-ring (bicyclic) bond motifs is 1. The molecular weight excluding hydrogens is 358 g/mol. The van der Waals surface area contributed by atoms with E-state index in [0.717, 1.165) is 5.69 Å². The van der Waals surface area contributed by atoms with E-state index in [0.29, 0.717) is 43.6 Å². The monoisotopic (exact) mass is 377 g/mol. The van der Waals surface area contributed by atoms with Gasteiger partial charge in [0.1, 0.15) is 19.3 Å². The lowest BCUT2D eigenvalue weighted by molar-refractivity contribution is 0.171. The third-order valence-corrected chi connectivity index (χ3v) is 6.18. The third-order valence-electron chi connectivity index (χ3n) is 4.32. The summed E-state index contributed by atoms with van der Waals surface area (Å²) in [7, 11) is -3.62. The number of nitrogens with zero attached hydrogens (tertiary/aromatic N) is 3. The quantitative estimate of drug-likeness (QED) is 0.795. The van der Waals surface area contributed by atoms with Gasteiger partial charge in [0.05, 0.1) is 17.1 Å². The Morgan fingerprint density at radius 2 is 1.92 bits per heavy atom. The standard InChI is InChI=1S/C17H19N3O5S/c1-12-2-5-17(19-18-12)25-13-6-7-20(11-13)26(21,22)14-3-4-15-16(10-14)24-9-8-23-15/h2-5,10,13H,6-9,11H2,1H3/t13-/m1/s1. The van der Waals surface area contributed by atoms with Gasteiger partial charge in [0.15, 0.2) is 11.5 Å². The number of hydrogen-bond donors (Lipinski definition) is 0.